The maximum Gasteiger partial charge on any atom is 0.335 e. The Kier molecular flexibility index (Phi) is 4.39. The van der Waals surface area contributed by atoms with Crippen molar-refractivity contribution in [3.05, 3.63) is 77.8 Å². The lowest BCUT2D eigenvalue weighted by Gasteiger charge is -2.25. The molecule has 1 N–H and O–H groups in total. The van der Waals surface area contributed by atoms with Crippen molar-refractivity contribution < 1.29 is 14.3 Å². The van der Waals surface area contributed by atoms with Crippen molar-refractivity contribution in [3.8, 4) is 11.3 Å². The summed E-state index contributed by atoms with van der Waals surface area (Å²) >= 11 is 1.79. The van der Waals surface area contributed by atoms with Gasteiger partial charge < -0.3 is 14.4 Å². The number of nitrogens with zero attached hydrogens (tertiary/aromatic N) is 3. The number of aromatic nitrogens is 1. The van der Waals surface area contributed by atoms with Gasteiger partial charge in [-0.25, -0.2) is 9.79 Å². The molecular weight excluding hydrogens is 386 g/mol. The van der Waals surface area contributed by atoms with Crippen molar-refractivity contribution in [1.82, 2.24) is 9.88 Å². The summed E-state index contributed by atoms with van der Waals surface area (Å²) in [7, 11) is 0. The molecule has 0 saturated carbocycles. The first kappa shape index (κ1) is 18.0. The van der Waals surface area contributed by atoms with E-state index in [1.165, 1.54) is 0 Å². The van der Waals surface area contributed by atoms with Crippen LogP contribution in [0.3, 0.4) is 0 Å². The van der Waals surface area contributed by atoms with Crippen LogP contribution in [0.2, 0.25) is 0 Å². The summed E-state index contributed by atoms with van der Waals surface area (Å²) in [6.07, 6.45) is 1.79. The van der Waals surface area contributed by atoms with Crippen LogP contribution in [0.15, 0.2) is 70.2 Å². The van der Waals surface area contributed by atoms with Gasteiger partial charge in [-0.2, -0.15) is 0 Å². The number of hydrogen-bond acceptors (Lipinski definition) is 6. The summed E-state index contributed by atoms with van der Waals surface area (Å²) in [6, 6.07) is 16.4. The Morgan fingerprint density at radius 2 is 2.00 bits per heavy atom. The van der Waals surface area contributed by atoms with Gasteiger partial charge in [-0.3, -0.25) is 4.98 Å². The molecule has 0 aliphatic carbocycles. The number of carboxylic acids is 1. The van der Waals surface area contributed by atoms with Gasteiger partial charge in [0.1, 0.15) is 23.6 Å². The van der Waals surface area contributed by atoms with Crippen LogP contribution < -0.4 is 0 Å². The van der Waals surface area contributed by atoms with Crippen LogP contribution in [-0.4, -0.2) is 37.9 Å². The average Bonchev–Trinajstić information content (AvgIpc) is 3.42. The molecule has 29 heavy (non-hydrogen) atoms. The van der Waals surface area contributed by atoms with Gasteiger partial charge in [0.05, 0.1) is 11.3 Å². The number of hydrogen-bond donors (Lipinski definition) is 1. The highest BCUT2D eigenvalue weighted by atomic mass is 32.2. The molecule has 1 saturated heterocycles. The number of carbonyl (C=O) groups is 1. The Balaban J connectivity index is 1.49. The first-order valence-corrected chi connectivity index (χ1v) is 10.3. The second kappa shape index (κ2) is 7.08. The van der Waals surface area contributed by atoms with Gasteiger partial charge in [-0.15, -0.1) is 0 Å². The second-order valence-electron chi connectivity index (χ2n) is 7.22. The Labute approximate surface area is 172 Å². The second-order valence-corrected chi connectivity index (χ2v) is 8.63. The average molecular weight is 405 g/mol. The largest absolute Gasteiger partial charge is 0.478 e. The summed E-state index contributed by atoms with van der Waals surface area (Å²) in [5.41, 5.74) is 2.03. The van der Waals surface area contributed by atoms with Gasteiger partial charge in [-0.1, -0.05) is 36.9 Å². The molecule has 0 amide bonds. The molecule has 7 heteroatoms. The number of fused-ring (bicyclic) bond motifs is 1. The number of pyridine rings is 1. The fourth-order valence-corrected chi connectivity index (χ4v) is 4.96. The van der Waals surface area contributed by atoms with E-state index in [4.69, 9.17) is 14.5 Å². The first-order chi connectivity index (χ1) is 14.1. The molecule has 146 valence electrons. The van der Waals surface area contributed by atoms with E-state index in [1.54, 1.807) is 42.2 Å². The van der Waals surface area contributed by atoms with E-state index < -0.39 is 5.97 Å². The van der Waals surface area contributed by atoms with Gasteiger partial charge >= 0.3 is 5.97 Å². The molecule has 0 unspecified atom stereocenters. The van der Waals surface area contributed by atoms with Crippen LogP contribution in [0.5, 0.6) is 0 Å². The van der Waals surface area contributed by atoms with Gasteiger partial charge in [0.2, 0.25) is 0 Å². The summed E-state index contributed by atoms with van der Waals surface area (Å²) in [5.74, 6) is 0.614. The molecule has 2 aliphatic heterocycles. The van der Waals surface area contributed by atoms with Crippen LogP contribution in [0.4, 0.5) is 0 Å². The first-order valence-electron chi connectivity index (χ1n) is 9.45. The van der Waals surface area contributed by atoms with Crippen molar-refractivity contribution in [2.75, 3.05) is 6.54 Å². The Hall–Kier alpha value is -3.06. The van der Waals surface area contributed by atoms with Crippen molar-refractivity contribution >= 4 is 22.9 Å². The van der Waals surface area contributed by atoms with Crippen molar-refractivity contribution in [3.63, 3.8) is 0 Å². The molecule has 0 bridgehead atoms. The van der Waals surface area contributed by atoms with Crippen molar-refractivity contribution in [2.45, 2.75) is 24.3 Å². The zero-order valence-corrected chi connectivity index (χ0v) is 16.5. The van der Waals surface area contributed by atoms with E-state index in [1.807, 2.05) is 30.3 Å². The standard InChI is InChI=1S/C22H19N3O3S/c1-13-12-25-20(19(24-22(25)29-13)16-4-2-3-11-23-16)18-10-9-17(28-18)14-5-7-15(8-6-14)21(26)27/h2-11,13,19-20H,12H2,1H3,(H,26,27)/t13-,19+,20+/m1/s1. The fourth-order valence-electron chi connectivity index (χ4n) is 3.87. The van der Waals surface area contributed by atoms with E-state index in [9.17, 15) is 4.79 Å². The molecule has 2 aliphatic rings. The highest BCUT2D eigenvalue weighted by Gasteiger charge is 2.45. The number of thioether (sulfide) groups is 1. The third-order valence-electron chi connectivity index (χ3n) is 5.22. The highest BCUT2D eigenvalue weighted by molar-refractivity contribution is 8.14. The number of aromatic carboxylic acids is 1. The minimum Gasteiger partial charge on any atom is -0.478 e. The lowest BCUT2D eigenvalue weighted by molar-refractivity contribution is 0.0697. The van der Waals surface area contributed by atoms with Crippen LogP contribution in [0.1, 0.15) is 40.8 Å². The van der Waals surface area contributed by atoms with Crippen molar-refractivity contribution in [1.29, 1.82) is 0 Å². The lowest BCUT2D eigenvalue weighted by Crippen LogP contribution is -2.28. The topological polar surface area (TPSA) is 78.9 Å². The number of amidine groups is 1. The Bertz CT molecular complexity index is 1080. The molecule has 2 aromatic heterocycles. The molecule has 1 aromatic carbocycles. The van der Waals surface area contributed by atoms with E-state index in [-0.39, 0.29) is 17.6 Å². The van der Waals surface area contributed by atoms with Crippen LogP contribution in [-0.2, 0) is 0 Å². The fraction of sp³-hybridized carbons (Fsp3) is 0.227. The highest BCUT2D eigenvalue weighted by Crippen LogP contribution is 2.48. The van der Waals surface area contributed by atoms with Gasteiger partial charge in [0, 0.05) is 23.6 Å². The molecular formula is C22H19N3O3S. The molecule has 3 aromatic rings. The van der Waals surface area contributed by atoms with Gasteiger partial charge in [0.25, 0.3) is 0 Å². The van der Waals surface area contributed by atoms with Gasteiger partial charge in [0.15, 0.2) is 5.17 Å². The molecule has 5 rings (SSSR count). The molecule has 1 fully saturated rings. The molecule has 3 atom stereocenters. The normalized spacial score (nSPS) is 23.1. The molecule has 0 radical (unpaired) electrons. The SMILES string of the molecule is C[C@@H]1CN2C(=N[C@@H](c3ccccn3)[C@@H]2c2ccc(-c3ccc(C(=O)O)cc3)o2)S1. The quantitative estimate of drug-likeness (QED) is 0.682. The predicted octanol–water partition coefficient (Wildman–Crippen LogP) is 4.63. The van der Waals surface area contributed by atoms with Crippen LogP contribution in [0, 0.1) is 0 Å². The predicted molar refractivity (Wildman–Crippen MR) is 112 cm³/mol. The smallest absolute Gasteiger partial charge is 0.335 e. The van der Waals surface area contributed by atoms with E-state index in [2.05, 4.69) is 16.8 Å². The van der Waals surface area contributed by atoms with E-state index in [0.717, 1.165) is 28.7 Å². The summed E-state index contributed by atoms with van der Waals surface area (Å²) < 4.78 is 6.25. The third kappa shape index (κ3) is 3.21. The van der Waals surface area contributed by atoms with Gasteiger partial charge in [-0.05, 0) is 36.4 Å². The van der Waals surface area contributed by atoms with Crippen molar-refractivity contribution in [2.24, 2.45) is 4.99 Å². The third-order valence-corrected chi connectivity index (χ3v) is 6.32. The number of benzene rings is 1. The maximum atomic E-state index is 11.1. The summed E-state index contributed by atoms with van der Waals surface area (Å²) in [6.45, 7) is 3.12. The number of carboxylic acid groups (broad SMARTS) is 1. The van der Waals surface area contributed by atoms with E-state index in [0.29, 0.717) is 11.0 Å². The lowest BCUT2D eigenvalue weighted by atomic mass is 10.0. The molecule has 4 heterocycles. The monoisotopic (exact) mass is 405 g/mol. The van der Waals surface area contributed by atoms with Crippen LogP contribution >= 0.6 is 11.8 Å². The maximum absolute atomic E-state index is 11.1. The minimum atomic E-state index is -0.939. The summed E-state index contributed by atoms with van der Waals surface area (Å²) in [4.78, 5) is 22.9. The van der Waals surface area contributed by atoms with Crippen LogP contribution in [0.25, 0.3) is 11.3 Å². The number of rotatable bonds is 4. The summed E-state index contributed by atoms with van der Waals surface area (Å²) in [5, 5.41) is 10.6. The number of aliphatic imine (C=N–C) groups is 1. The number of furan rings is 1. The zero-order valence-electron chi connectivity index (χ0n) is 15.7. The van der Waals surface area contributed by atoms with E-state index >= 15 is 0 Å². The minimum absolute atomic E-state index is 0.0376. The zero-order chi connectivity index (χ0) is 20.0. The molecule has 0 spiro atoms. The molecule has 6 nitrogen and oxygen atoms in total. The Morgan fingerprint density at radius 1 is 1.17 bits per heavy atom. The Morgan fingerprint density at radius 3 is 2.72 bits per heavy atom.